The van der Waals surface area contributed by atoms with Gasteiger partial charge in [-0.15, -0.1) is 12.8 Å². The summed E-state index contributed by atoms with van der Waals surface area (Å²) in [6.07, 6.45) is 12.4. The number of nitrogens with zero attached hydrogens (tertiary/aromatic N) is 2. The van der Waals surface area contributed by atoms with E-state index in [2.05, 4.69) is 10.7 Å². The number of terminal acetylenes is 2. The molecule has 0 saturated carbocycles. The Kier molecular flexibility index (Phi) is 8.56. The normalized spacial score (nSPS) is 19.6. The van der Waals surface area contributed by atoms with Crippen molar-refractivity contribution in [1.29, 1.82) is 0 Å². The second-order valence-corrected chi connectivity index (χ2v) is 7.97. The van der Waals surface area contributed by atoms with Crippen LogP contribution in [0.25, 0.3) is 0 Å². The largest absolute Gasteiger partial charge is 0.509 e. The van der Waals surface area contributed by atoms with E-state index in [4.69, 9.17) is 17.6 Å². The topological polar surface area (TPSA) is 111 Å². The van der Waals surface area contributed by atoms with Crippen molar-refractivity contribution in [3.8, 4) is 24.7 Å². The summed E-state index contributed by atoms with van der Waals surface area (Å²) < 4.78 is 32.2. The molecule has 1 amide bonds. The maximum absolute atomic E-state index is 14.0. The van der Waals surface area contributed by atoms with Gasteiger partial charge in [-0.3, -0.25) is 24.3 Å². The Morgan fingerprint density at radius 2 is 1.97 bits per heavy atom. The Morgan fingerprint density at radius 1 is 1.25 bits per heavy atom. The standard InChI is InChI=1S/C25H24F2N4O5/c1-4-19(32)21-17(25(35)28-12-15-7-8-16(26)11-18(15)27)13-31-23(24(21)34)22(20(33)5-2)30(14-29-31)9-6-10-36-3/h1-2,7-8,11,13,21-22,29,34H,6,9-10,12,14H2,3H3,(H,28,35). The molecular formula is C25H24F2N4O5. The molecule has 0 aromatic heterocycles. The number of halogens is 2. The molecule has 11 heteroatoms. The third kappa shape index (κ3) is 5.44. The fourth-order valence-corrected chi connectivity index (χ4v) is 4.01. The van der Waals surface area contributed by atoms with Gasteiger partial charge in [-0.25, -0.2) is 14.2 Å². The SMILES string of the molecule is C#CC(=O)C1C(C(=O)NCc2ccc(F)cc2F)=CN2NCN(CCCOC)C(C(=O)C#C)C2=C1O. The fraction of sp³-hybridized carbons (Fsp3) is 0.320. The van der Waals surface area contributed by atoms with Crippen LogP contribution in [0.2, 0.25) is 0 Å². The molecule has 2 atom stereocenters. The molecule has 1 aromatic carbocycles. The quantitative estimate of drug-likeness (QED) is 0.260. The lowest BCUT2D eigenvalue weighted by Gasteiger charge is -2.44. The number of amides is 1. The van der Waals surface area contributed by atoms with E-state index in [9.17, 15) is 28.3 Å². The first kappa shape index (κ1) is 26.6. The van der Waals surface area contributed by atoms with Gasteiger partial charge >= 0.3 is 0 Å². The molecule has 3 rings (SSSR count). The zero-order chi connectivity index (χ0) is 26.4. The molecule has 3 N–H and O–H groups in total. The molecule has 1 aromatic rings. The van der Waals surface area contributed by atoms with Crippen LogP contribution in [0.4, 0.5) is 8.78 Å². The molecule has 9 nitrogen and oxygen atoms in total. The first-order valence-corrected chi connectivity index (χ1v) is 10.9. The lowest BCUT2D eigenvalue weighted by Crippen LogP contribution is -2.60. The van der Waals surface area contributed by atoms with Crippen LogP contribution in [0.3, 0.4) is 0 Å². The Hall–Kier alpha value is -4.03. The summed E-state index contributed by atoms with van der Waals surface area (Å²) >= 11 is 0. The van der Waals surface area contributed by atoms with E-state index in [1.54, 1.807) is 4.90 Å². The second-order valence-electron chi connectivity index (χ2n) is 7.97. The van der Waals surface area contributed by atoms with Crippen molar-refractivity contribution >= 4 is 17.5 Å². The highest BCUT2D eigenvalue weighted by Crippen LogP contribution is 2.34. The number of hydrazine groups is 1. The number of methoxy groups -OCH3 is 1. The Labute approximate surface area is 206 Å². The van der Waals surface area contributed by atoms with Crippen LogP contribution >= 0.6 is 0 Å². The van der Waals surface area contributed by atoms with E-state index in [0.29, 0.717) is 25.6 Å². The molecule has 2 heterocycles. The van der Waals surface area contributed by atoms with E-state index in [0.717, 1.165) is 6.07 Å². The van der Waals surface area contributed by atoms with Crippen molar-refractivity contribution in [2.45, 2.75) is 19.0 Å². The van der Waals surface area contributed by atoms with E-state index in [1.165, 1.54) is 24.4 Å². The van der Waals surface area contributed by atoms with Gasteiger partial charge in [0.1, 0.15) is 29.4 Å². The molecule has 1 fully saturated rings. The fourth-order valence-electron chi connectivity index (χ4n) is 4.01. The lowest BCUT2D eigenvalue weighted by atomic mass is 9.86. The number of nitrogens with one attached hydrogen (secondary N) is 2. The maximum atomic E-state index is 14.0. The van der Waals surface area contributed by atoms with Crippen molar-refractivity contribution in [2.24, 2.45) is 5.92 Å². The van der Waals surface area contributed by atoms with Gasteiger partial charge in [0.25, 0.3) is 0 Å². The van der Waals surface area contributed by atoms with Gasteiger partial charge in [-0.2, -0.15) is 0 Å². The number of ketones is 2. The van der Waals surface area contributed by atoms with Gasteiger partial charge in [0.2, 0.25) is 17.5 Å². The molecule has 2 aliphatic heterocycles. The highest BCUT2D eigenvalue weighted by Gasteiger charge is 2.45. The number of ether oxygens (including phenoxy) is 1. The predicted molar refractivity (Wildman–Crippen MR) is 124 cm³/mol. The number of allylic oxidation sites excluding steroid dienone is 1. The molecule has 2 unspecified atom stereocenters. The van der Waals surface area contributed by atoms with E-state index >= 15 is 0 Å². The first-order chi connectivity index (χ1) is 17.2. The van der Waals surface area contributed by atoms with Gasteiger partial charge in [0, 0.05) is 44.6 Å². The Balaban J connectivity index is 1.94. The number of hydrogen-bond acceptors (Lipinski definition) is 8. The highest BCUT2D eigenvalue weighted by molar-refractivity contribution is 6.09. The van der Waals surface area contributed by atoms with Crippen molar-refractivity contribution < 1.29 is 33.0 Å². The van der Waals surface area contributed by atoms with Crippen molar-refractivity contribution in [2.75, 3.05) is 26.9 Å². The second kappa shape index (κ2) is 11.6. The molecular weight excluding hydrogens is 474 g/mol. The van der Waals surface area contributed by atoms with Crippen LogP contribution in [-0.2, 0) is 25.7 Å². The average Bonchev–Trinajstić information content (AvgIpc) is 2.87. The minimum Gasteiger partial charge on any atom is -0.509 e. The molecule has 188 valence electrons. The van der Waals surface area contributed by atoms with Gasteiger partial charge < -0.3 is 15.2 Å². The number of rotatable bonds is 9. The maximum Gasteiger partial charge on any atom is 0.250 e. The summed E-state index contributed by atoms with van der Waals surface area (Å²) in [5.41, 5.74) is 2.68. The molecule has 1 saturated heterocycles. The summed E-state index contributed by atoms with van der Waals surface area (Å²) in [5.74, 6) is -2.33. The number of Topliss-reactive ketones (excluding diaryl/α,β-unsaturated/α-hetero) is 2. The van der Waals surface area contributed by atoms with Crippen LogP contribution in [0.5, 0.6) is 0 Å². The van der Waals surface area contributed by atoms with Crippen LogP contribution in [0, 0.1) is 42.2 Å². The van der Waals surface area contributed by atoms with Crippen LogP contribution < -0.4 is 10.7 Å². The summed E-state index contributed by atoms with van der Waals surface area (Å²) in [5, 5.41) is 14.8. The number of aliphatic hydroxyl groups excluding tert-OH is 1. The molecule has 0 aliphatic carbocycles. The molecule has 36 heavy (non-hydrogen) atoms. The summed E-state index contributed by atoms with van der Waals surface area (Å²) in [6.45, 7) is 0.588. The molecule has 0 spiro atoms. The smallest absolute Gasteiger partial charge is 0.250 e. The van der Waals surface area contributed by atoms with Crippen molar-refractivity contribution in [1.82, 2.24) is 20.7 Å². The van der Waals surface area contributed by atoms with Crippen LogP contribution in [-0.4, -0.2) is 65.5 Å². The Morgan fingerprint density at radius 3 is 2.61 bits per heavy atom. The number of aliphatic hydroxyl groups is 1. The van der Waals surface area contributed by atoms with Gasteiger partial charge in [0.15, 0.2) is 0 Å². The van der Waals surface area contributed by atoms with E-state index in [1.807, 2.05) is 11.8 Å². The minimum atomic E-state index is -1.59. The van der Waals surface area contributed by atoms with Crippen molar-refractivity contribution in [3.63, 3.8) is 0 Å². The number of carbonyl (C=O) groups is 3. The third-order valence-electron chi connectivity index (χ3n) is 5.75. The lowest BCUT2D eigenvalue weighted by molar-refractivity contribution is -0.123. The van der Waals surface area contributed by atoms with Crippen molar-refractivity contribution in [3.05, 3.63) is 58.6 Å². The highest BCUT2D eigenvalue weighted by atomic mass is 19.1. The van der Waals surface area contributed by atoms with Crippen LogP contribution in [0.1, 0.15) is 12.0 Å². The zero-order valence-electron chi connectivity index (χ0n) is 19.4. The number of benzene rings is 1. The third-order valence-corrected chi connectivity index (χ3v) is 5.75. The van der Waals surface area contributed by atoms with Crippen LogP contribution in [0.15, 0.2) is 41.4 Å². The summed E-state index contributed by atoms with van der Waals surface area (Å²) in [6, 6.07) is 1.76. The van der Waals surface area contributed by atoms with Gasteiger partial charge in [-0.05, 0) is 24.3 Å². The summed E-state index contributed by atoms with van der Waals surface area (Å²) in [4.78, 5) is 40.0. The van der Waals surface area contributed by atoms with E-state index < -0.39 is 46.8 Å². The number of carbonyl (C=O) groups excluding carboxylic acids is 3. The summed E-state index contributed by atoms with van der Waals surface area (Å²) in [7, 11) is 1.54. The van der Waals surface area contributed by atoms with E-state index in [-0.39, 0.29) is 30.0 Å². The van der Waals surface area contributed by atoms with Gasteiger partial charge in [-0.1, -0.05) is 6.07 Å². The monoisotopic (exact) mass is 498 g/mol. The molecule has 0 bridgehead atoms. The average molecular weight is 498 g/mol. The molecule has 2 aliphatic rings. The zero-order valence-corrected chi connectivity index (χ0v) is 19.4. The minimum absolute atomic E-state index is 0.00363. The van der Waals surface area contributed by atoms with Gasteiger partial charge in [0.05, 0.1) is 17.9 Å². The Bertz CT molecular complexity index is 1210. The molecule has 0 radical (unpaired) electrons. The predicted octanol–water partition coefficient (Wildman–Crippen LogP) is 0.754. The number of fused-ring (bicyclic) bond motifs is 1. The first-order valence-electron chi connectivity index (χ1n) is 10.9. The number of hydrogen-bond donors (Lipinski definition) is 3.